The predicted octanol–water partition coefficient (Wildman–Crippen LogP) is 2.90. The second-order valence-corrected chi connectivity index (χ2v) is 4.65. The summed E-state index contributed by atoms with van der Waals surface area (Å²) in [7, 11) is 2.03. The van der Waals surface area contributed by atoms with Gasteiger partial charge in [-0.3, -0.25) is 0 Å². The molecule has 0 heterocycles. The fourth-order valence-electron chi connectivity index (χ4n) is 2.36. The van der Waals surface area contributed by atoms with E-state index in [1.165, 1.54) is 31.2 Å². The van der Waals surface area contributed by atoms with Crippen LogP contribution in [0.3, 0.4) is 0 Å². The monoisotopic (exact) mass is 219 g/mol. The lowest BCUT2D eigenvalue weighted by atomic mass is 9.92. The summed E-state index contributed by atoms with van der Waals surface area (Å²) in [5, 5.41) is 3.36. The average Bonchev–Trinajstić information content (AvgIpc) is 2.33. The molecule has 88 valence electrons. The summed E-state index contributed by atoms with van der Waals surface area (Å²) in [5.41, 5.74) is 1.28. The molecule has 0 saturated heterocycles. The van der Waals surface area contributed by atoms with Gasteiger partial charge < -0.3 is 10.1 Å². The molecule has 0 aromatic heterocycles. The highest BCUT2D eigenvalue weighted by Gasteiger charge is 2.25. The maximum Gasteiger partial charge on any atom is 0.119 e. The molecule has 0 spiro atoms. The van der Waals surface area contributed by atoms with Gasteiger partial charge in [0.05, 0.1) is 0 Å². The Labute approximate surface area is 98.0 Å². The third-order valence-electron chi connectivity index (χ3n) is 3.38. The normalized spacial score (nSPS) is 25.4. The van der Waals surface area contributed by atoms with Gasteiger partial charge in [-0.2, -0.15) is 0 Å². The fourth-order valence-corrected chi connectivity index (χ4v) is 2.36. The molecule has 2 nitrogen and oxygen atoms in total. The van der Waals surface area contributed by atoms with Crippen LogP contribution in [0.1, 0.15) is 31.2 Å². The molecule has 0 bridgehead atoms. The van der Waals surface area contributed by atoms with Crippen LogP contribution in [0.5, 0.6) is 5.75 Å². The van der Waals surface area contributed by atoms with Crippen LogP contribution >= 0.6 is 0 Å². The lowest BCUT2D eigenvalue weighted by molar-refractivity contribution is 0.118. The third kappa shape index (κ3) is 2.76. The van der Waals surface area contributed by atoms with Crippen LogP contribution in [0.25, 0.3) is 0 Å². The van der Waals surface area contributed by atoms with Gasteiger partial charge in [-0.05, 0) is 45.4 Å². The second-order valence-electron chi connectivity index (χ2n) is 4.65. The van der Waals surface area contributed by atoms with Crippen LogP contribution in [0.2, 0.25) is 0 Å². The molecule has 1 aliphatic carbocycles. The van der Waals surface area contributed by atoms with Gasteiger partial charge in [0.25, 0.3) is 0 Å². The van der Waals surface area contributed by atoms with Crippen LogP contribution in [0.15, 0.2) is 24.3 Å². The first-order valence-electron chi connectivity index (χ1n) is 6.20. The maximum absolute atomic E-state index is 6.05. The smallest absolute Gasteiger partial charge is 0.119 e. The van der Waals surface area contributed by atoms with Crippen LogP contribution in [-0.2, 0) is 0 Å². The Morgan fingerprint density at radius 1 is 1.12 bits per heavy atom. The van der Waals surface area contributed by atoms with Crippen LogP contribution in [-0.4, -0.2) is 19.2 Å². The van der Waals surface area contributed by atoms with E-state index >= 15 is 0 Å². The van der Waals surface area contributed by atoms with E-state index in [0.717, 1.165) is 5.75 Å². The second kappa shape index (κ2) is 5.35. The Morgan fingerprint density at radius 2 is 1.81 bits per heavy atom. The lowest BCUT2D eigenvalue weighted by Crippen LogP contribution is -2.43. The first kappa shape index (κ1) is 11.5. The molecule has 1 aliphatic rings. The molecule has 2 rings (SSSR count). The summed E-state index contributed by atoms with van der Waals surface area (Å²) in [6.07, 6.45) is 5.34. The predicted molar refractivity (Wildman–Crippen MR) is 66.9 cm³/mol. The number of ether oxygens (including phenoxy) is 1. The van der Waals surface area contributed by atoms with E-state index in [0.29, 0.717) is 12.1 Å². The molecule has 0 amide bonds. The van der Waals surface area contributed by atoms with E-state index in [9.17, 15) is 0 Å². The van der Waals surface area contributed by atoms with Crippen molar-refractivity contribution < 1.29 is 4.74 Å². The van der Waals surface area contributed by atoms with Crippen molar-refractivity contribution >= 4 is 0 Å². The lowest BCUT2D eigenvalue weighted by Gasteiger charge is -2.31. The molecule has 1 aromatic rings. The van der Waals surface area contributed by atoms with E-state index in [1.54, 1.807) is 0 Å². The van der Waals surface area contributed by atoms with Gasteiger partial charge in [-0.1, -0.05) is 24.1 Å². The molecule has 1 saturated carbocycles. The van der Waals surface area contributed by atoms with Crippen LogP contribution in [0.4, 0.5) is 0 Å². The number of hydrogen-bond donors (Lipinski definition) is 1. The summed E-state index contributed by atoms with van der Waals surface area (Å²) in [5.74, 6) is 0.998. The third-order valence-corrected chi connectivity index (χ3v) is 3.38. The van der Waals surface area contributed by atoms with Gasteiger partial charge in [-0.25, -0.2) is 0 Å². The molecule has 16 heavy (non-hydrogen) atoms. The van der Waals surface area contributed by atoms with Gasteiger partial charge >= 0.3 is 0 Å². The molecule has 2 heteroatoms. The molecule has 1 N–H and O–H groups in total. The molecule has 0 aliphatic heterocycles. The molecule has 2 atom stereocenters. The average molecular weight is 219 g/mol. The highest BCUT2D eigenvalue weighted by Crippen LogP contribution is 2.23. The van der Waals surface area contributed by atoms with Crippen molar-refractivity contribution in [2.24, 2.45) is 0 Å². The van der Waals surface area contributed by atoms with Gasteiger partial charge in [0.2, 0.25) is 0 Å². The van der Waals surface area contributed by atoms with Crippen molar-refractivity contribution in [3.8, 4) is 5.75 Å². The summed E-state index contributed by atoms with van der Waals surface area (Å²) in [6, 6.07) is 8.85. The Bertz CT molecular complexity index is 320. The minimum atomic E-state index is 0.335. The molecular weight excluding hydrogens is 198 g/mol. The zero-order valence-electron chi connectivity index (χ0n) is 10.2. The zero-order valence-corrected chi connectivity index (χ0v) is 10.2. The van der Waals surface area contributed by atoms with Crippen LogP contribution in [0, 0.1) is 6.92 Å². The first-order valence-corrected chi connectivity index (χ1v) is 6.20. The van der Waals surface area contributed by atoms with E-state index in [1.807, 2.05) is 7.05 Å². The number of hydrogen-bond acceptors (Lipinski definition) is 2. The first-order chi connectivity index (χ1) is 7.79. The summed E-state index contributed by atoms with van der Waals surface area (Å²) >= 11 is 0. The zero-order chi connectivity index (χ0) is 11.4. The number of likely N-dealkylation sites (N-methyl/N-ethyl adjacent to an activating group) is 1. The van der Waals surface area contributed by atoms with Crippen molar-refractivity contribution in [2.45, 2.75) is 44.8 Å². The molecule has 2 unspecified atom stereocenters. The maximum atomic E-state index is 6.05. The number of benzene rings is 1. The van der Waals surface area contributed by atoms with E-state index in [-0.39, 0.29) is 0 Å². The highest BCUT2D eigenvalue weighted by atomic mass is 16.5. The van der Waals surface area contributed by atoms with Crippen LogP contribution < -0.4 is 10.1 Å². The van der Waals surface area contributed by atoms with Crippen molar-refractivity contribution in [1.82, 2.24) is 5.32 Å². The Morgan fingerprint density at radius 3 is 2.50 bits per heavy atom. The molecule has 1 aromatic carbocycles. The van der Waals surface area contributed by atoms with Crippen molar-refractivity contribution in [2.75, 3.05) is 7.05 Å². The molecular formula is C14H21NO. The molecule has 0 radical (unpaired) electrons. The van der Waals surface area contributed by atoms with Gasteiger partial charge in [0, 0.05) is 6.04 Å². The van der Waals surface area contributed by atoms with E-state index in [4.69, 9.17) is 4.74 Å². The van der Waals surface area contributed by atoms with Crippen molar-refractivity contribution in [3.05, 3.63) is 29.8 Å². The number of aryl methyl sites for hydroxylation is 1. The summed E-state index contributed by atoms with van der Waals surface area (Å²) in [6.45, 7) is 2.10. The van der Waals surface area contributed by atoms with Crippen molar-refractivity contribution in [3.63, 3.8) is 0 Å². The van der Waals surface area contributed by atoms with E-state index in [2.05, 4.69) is 36.5 Å². The van der Waals surface area contributed by atoms with Crippen molar-refractivity contribution in [1.29, 1.82) is 0 Å². The number of rotatable bonds is 3. The Kier molecular flexibility index (Phi) is 3.83. The van der Waals surface area contributed by atoms with Gasteiger partial charge in [-0.15, -0.1) is 0 Å². The topological polar surface area (TPSA) is 21.3 Å². The fraction of sp³-hybridized carbons (Fsp3) is 0.571. The van der Waals surface area contributed by atoms with E-state index < -0.39 is 0 Å². The van der Waals surface area contributed by atoms with Gasteiger partial charge in [0.15, 0.2) is 0 Å². The Balaban J connectivity index is 1.99. The molecule has 1 fully saturated rings. The minimum absolute atomic E-state index is 0.335. The minimum Gasteiger partial charge on any atom is -0.489 e. The SMILES string of the molecule is CNC1CCCCC1Oc1ccc(C)cc1. The quantitative estimate of drug-likeness (QED) is 0.844. The summed E-state index contributed by atoms with van der Waals surface area (Å²) in [4.78, 5) is 0. The highest BCUT2D eigenvalue weighted by molar-refractivity contribution is 5.26. The standard InChI is InChI=1S/C14H21NO/c1-11-7-9-12(10-8-11)16-14-6-4-3-5-13(14)15-2/h7-10,13-15H,3-6H2,1-2H3. The summed E-state index contributed by atoms with van der Waals surface area (Å²) < 4.78 is 6.05. The largest absolute Gasteiger partial charge is 0.489 e. The van der Waals surface area contributed by atoms with Gasteiger partial charge in [0.1, 0.15) is 11.9 Å². The Hall–Kier alpha value is -1.02. The number of nitrogens with one attached hydrogen (secondary N) is 1.